The highest BCUT2D eigenvalue weighted by molar-refractivity contribution is 5.89. The summed E-state index contributed by atoms with van der Waals surface area (Å²) < 4.78 is 6.87. The van der Waals surface area contributed by atoms with E-state index in [0.717, 1.165) is 24.9 Å². The van der Waals surface area contributed by atoms with E-state index in [2.05, 4.69) is 60.5 Å². The molecular weight excluding hydrogens is 418 g/mol. The summed E-state index contributed by atoms with van der Waals surface area (Å²) in [6, 6.07) is 19.3. The van der Waals surface area contributed by atoms with Crippen molar-refractivity contribution < 1.29 is 24.5 Å². The first kappa shape index (κ1) is 23.2. The number of hydrogen-bond donors (Lipinski definition) is 2. The Hall–Kier alpha value is -2.96. The standard InChI is InChI=1S/C23H27NO.C4H4O4/c1-24-18-12-13-19(24)15-20(14-18)25-23-21-8-4-2-6-16(21)10-11-17-7-3-5-9-22(17)23;5-3(6)1-2-4(7)8/h2-9,18-20,23H,10-15H2,1H3;1-2H,(H,5,6)(H,7,8)/b;2-1+/t18-,19+,20?;. The van der Waals surface area contributed by atoms with Crippen LogP contribution in [-0.4, -0.2) is 52.3 Å². The zero-order valence-electron chi connectivity index (χ0n) is 18.9. The van der Waals surface area contributed by atoms with Crippen LogP contribution in [0.3, 0.4) is 0 Å². The number of nitrogens with zero attached hydrogens (tertiary/aromatic N) is 1. The molecule has 3 atom stereocenters. The molecule has 2 saturated heterocycles. The van der Waals surface area contributed by atoms with Crippen molar-refractivity contribution in [1.82, 2.24) is 4.90 Å². The Morgan fingerprint density at radius 3 is 1.76 bits per heavy atom. The first-order valence-corrected chi connectivity index (χ1v) is 11.6. The molecular formula is C27H31NO5. The lowest BCUT2D eigenvalue weighted by Crippen LogP contribution is -2.43. The summed E-state index contributed by atoms with van der Waals surface area (Å²) in [5.41, 5.74) is 5.69. The van der Waals surface area contributed by atoms with Gasteiger partial charge in [0.2, 0.25) is 0 Å². The van der Waals surface area contributed by atoms with Gasteiger partial charge < -0.3 is 19.8 Å². The van der Waals surface area contributed by atoms with E-state index in [-0.39, 0.29) is 6.10 Å². The van der Waals surface area contributed by atoms with Gasteiger partial charge in [-0.1, -0.05) is 48.5 Å². The predicted octanol–water partition coefficient (Wildman–Crippen LogP) is 4.23. The van der Waals surface area contributed by atoms with Gasteiger partial charge in [-0.15, -0.1) is 0 Å². The number of rotatable bonds is 4. The van der Waals surface area contributed by atoms with Crippen LogP contribution in [0.25, 0.3) is 0 Å². The molecule has 2 bridgehead atoms. The molecule has 3 aliphatic rings. The van der Waals surface area contributed by atoms with Gasteiger partial charge >= 0.3 is 11.9 Å². The zero-order valence-corrected chi connectivity index (χ0v) is 18.9. The summed E-state index contributed by atoms with van der Waals surface area (Å²) in [6.07, 6.45) is 8.90. The maximum absolute atomic E-state index is 9.55. The van der Waals surface area contributed by atoms with Crippen LogP contribution in [0.5, 0.6) is 0 Å². The molecule has 5 rings (SSSR count). The van der Waals surface area contributed by atoms with Crippen molar-refractivity contribution in [3.05, 3.63) is 82.9 Å². The lowest BCUT2D eigenvalue weighted by atomic mass is 9.95. The van der Waals surface area contributed by atoms with E-state index in [1.807, 2.05) is 0 Å². The molecule has 2 heterocycles. The number of benzene rings is 2. The van der Waals surface area contributed by atoms with Gasteiger partial charge in [-0.2, -0.15) is 0 Å². The lowest BCUT2D eigenvalue weighted by Gasteiger charge is -2.38. The summed E-state index contributed by atoms with van der Waals surface area (Å²) >= 11 is 0. The third-order valence-electron chi connectivity index (χ3n) is 7.09. The predicted molar refractivity (Wildman–Crippen MR) is 125 cm³/mol. The summed E-state index contributed by atoms with van der Waals surface area (Å²) in [7, 11) is 2.30. The molecule has 1 unspecified atom stereocenters. The number of aryl methyl sites for hydroxylation is 2. The van der Waals surface area contributed by atoms with Crippen molar-refractivity contribution in [3.8, 4) is 0 Å². The highest BCUT2D eigenvalue weighted by Gasteiger charge is 2.40. The molecule has 0 saturated carbocycles. The molecule has 0 aromatic heterocycles. The molecule has 6 nitrogen and oxygen atoms in total. The Kier molecular flexibility index (Phi) is 7.26. The Labute approximate surface area is 194 Å². The maximum atomic E-state index is 9.55. The summed E-state index contributed by atoms with van der Waals surface area (Å²) in [4.78, 5) is 21.7. The van der Waals surface area contributed by atoms with Crippen LogP contribution in [0.15, 0.2) is 60.7 Å². The molecule has 0 radical (unpaired) electrons. The van der Waals surface area contributed by atoms with Crippen LogP contribution in [-0.2, 0) is 27.2 Å². The van der Waals surface area contributed by atoms with E-state index in [1.165, 1.54) is 47.9 Å². The first-order valence-electron chi connectivity index (χ1n) is 11.6. The highest BCUT2D eigenvalue weighted by Crippen LogP contribution is 2.41. The minimum absolute atomic E-state index is 0.0997. The number of fused-ring (bicyclic) bond motifs is 4. The van der Waals surface area contributed by atoms with E-state index < -0.39 is 11.9 Å². The van der Waals surface area contributed by atoms with E-state index in [1.54, 1.807) is 0 Å². The fourth-order valence-electron chi connectivity index (χ4n) is 5.43. The zero-order chi connectivity index (χ0) is 23.4. The monoisotopic (exact) mass is 449 g/mol. The van der Waals surface area contributed by atoms with Gasteiger partial charge in [-0.05, 0) is 67.8 Å². The van der Waals surface area contributed by atoms with E-state index in [0.29, 0.717) is 18.3 Å². The van der Waals surface area contributed by atoms with E-state index in [9.17, 15) is 9.59 Å². The first-order chi connectivity index (χ1) is 15.9. The van der Waals surface area contributed by atoms with Crippen LogP contribution in [0, 0.1) is 0 Å². The molecule has 33 heavy (non-hydrogen) atoms. The second kappa shape index (κ2) is 10.3. The molecule has 6 heteroatoms. The normalized spacial score (nSPS) is 24.3. The third-order valence-corrected chi connectivity index (χ3v) is 7.09. The van der Waals surface area contributed by atoms with Gasteiger partial charge in [0.25, 0.3) is 0 Å². The van der Waals surface area contributed by atoms with Gasteiger partial charge in [0.1, 0.15) is 6.10 Å². The largest absolute Gasteiger partial charge is 0.478 e. The molecule has 1 aliphatic carbocycles. The highest BCUT2D eigenvalue weighted by atomic mass is 16.5. The topological polar surface area (TPSA) is 87.1 Å². The number of aliphatic carboxylic acids is 2. The summed E-state index contributed by atoms with van der Waals surface area (Å²) in [5.74, 6) is -2.51. The Bertz CT molecular complexity index is 955. The van der Waals surface area contributed by atoms with Crippen LogP contribution < -0.4 is 0 Å². The van der Waals surface area contributed by atoms with Crippen LogP contribution in [0.1, 0.15) is 54.0 Å². The smallest absolute Gasteiger partial charge is 0.328 e. The minimum Gasteiger partial charge on any atom is -0.478 e. The number of ether oxygens (including phenoxy) is 1. The molecule has 2 aromatic carbocycles. The Balaban J connectivity index is 0.000000281. The van der Waals surface area contributed by atoms with Crippen LogP contribution >= 0.6 is 0 Å². The Morgan fingerprint density at radius 1 is 0.848 bits per heavy atom. The SMILES string of the molecule is CN1[C@@H]2CC[C@H]1CC(OC1c3ccccc3CCc3ccccc31)C2.O=C(O)/C=C/C(=O)O. The second-order valence-electron chi connectivity index (χ2n) is 9.07. The molecule has 2 fully saturated rings. The third kappa shape index (κ3) is 5.52. The van der Waals surface area contributed by atoms with E-state index >= 15 is 0 Å². The quantitative estimate of drug-likeness (QED) is 0.680. The maximum Gasteiger partial charge on any atom is 0.328 e. The number of carbonyl (C=O) groups is 2. The molecule has 174 valence electrons. The fraction of sp³-hybridized carbons (Fsp3) is 0.407. The van der Waals surface area contributed by atoms with Crippen molar-refractivity contribution >= 4 is 11.9 Å². The average molecular weight is 450 g/mol. The lowest BCUT2D eigenvalue weighted by molar-refractivity contribution is -0.134. The van der Waals surface area contributed by atoms with Crippen molar-refractivity contribution in [2.24, 2.45) is 0 Å². The van der Waals surface area contributed by atoms with Crippen molar-refractivity contribution in [2.45, 2.75) is 62.8 Å². The average Bonchev–Trinajstić information content (AvgIpc) is 2.97. The number of carboxylic acids is 2. The number of piperidine rings is 1. The number of carboxylic acid groups (broad SMARTS) is 2. The van der Waals surface area contributed by atoms with Gasteiger partial charge in [-0.25, -0.2) is 9.59 Å². The van der Waals surface area contributed by atoms with E-state index in [4.69, 9.17) is 14.9 Å². The fourth-order valence-corrected chi connectivity index (χ4v) is 5.43. The van der Waals surface area contributed by atoms with Crippen molar-refractivity contribution in [1.29, 1.82) is 0 Å². The molecule has 2 aromatic rings. The van der Waals surface area contributed by atoms with Crippen molar-refractivity contribution in [2.75, 3.05) is 7.05 Å². The van der Waals surface area contributed by atoms with Gasteiger partial charge in [0.15, 0.2) is 0 Å². The van der Waals surface area contributed by atoms with Gasteiger partial charge in [0, 0.05) is 24.2 Å². The molecule has 2 N–H and O–H groups in total. The molecule has 2 aliphatic heterocycles. The molecule has 0 amide bonds. The van der Waals surface area contributed by atoms with Crippen LogP contribution in [0.2, 0.25) is 0 Å². The summed E-state index contributed by atoms with van der Waals surface area (Å²) in [5, 5.41) is 15.6. The minimum atomic E-state index is -1.26. The van der Waals surface area contributed by atoms with Crippen LogP contribution in [0.4, 0.5) is 0 Å². The van der Waals surface area contributed by atoms with Gasteiger partial charge in [-0.3, -0.25) is 0 Å². The molecule has 0 spiro atoms. The Morgan fingerprint density at radius 2 is 1.30 bits per heavy atom. The van der Waals surface area contributed by atoms with Gasteiger partial charge in [0.05, 0.1) is 6.10 Å². The van der Waals surface area contributed by atoms with Crippen molar-refractivity contribution in [3.63, 3.8) is 0 Å². The second-order valence-corrected chi connectivity index (χ2v) is 9.07. The number of hydrogen-bond acceptors (Lipinski definition) is 4. The summed E-state index contributed by atoms with van der Waals surface area (Å²) in [6.45, 7) is 0.